The molecule has 2 heterocycles. The molecule has 5 heteroatoms. The minimum Gasteiger partial charge on any atom is -0.396 e. The Labute approximate surface area is 131 Å². The van der Waals surface area contributed by atoms with Crippen molar-refractivity contribution in [1.29, 1.82) is 0 Å². The van der Waals surface area contributed by atoms with E-state index in [1.54, 1.807) is 0 Å². The molecular formula is C16H27N3OS. The number of likely N-dealkylation sites (tertiary alicyclic amines) is 1. The van der Waals surface area contributed by atoms with Gasteiger partial charge in [-0.1, -0.05) is 0 Å². The second kappa shape index (κ2) is 7.18. The lowest BCUT2D eigenvalue weighted by Gasteiger charge is -2.36. The van der Waals surface area contributed by atoms with Gasteiger partial charge in [0.1, 0.15) is 0 Å². The van der Waals surface area contributed by atoms with Crippen LogP contribution >= 0.6 is 11.3 Å². The fourth-order valence-electron chi connectivity index (χ4n) is 3.16. The first-order valence-corrected chi connectivity index (χ1v) is 9.06. The van der Waals surface area contributed by atoms with E-state index in [-0.39, 0.29) is 0 Å². The van der Waals surface area contributed by atoms with Crippen molar-refractivity contribution < 1.29 is 5.11 Å². The fraction of sp³-hybridized carbons (Fsp3) is 0.812. The van der Waals surface area contributed by atoms with Crippen molar-refractivity contribution in [2.24, 2.45) is 0 Å². The molecule has 1 aliphatic heterocycles. The molecule has 1 saturated carbocycles. The summed E-state index contributed by atoms with van der Waals surface area (Å²) < 4.78 is 0. The molecule has 1 aromatic rings. The lowest BCUT2D eigenvalue weighted by Crippen LogP contribution is -2.43. The summed E-state index contributed by atoms with van der Waals surface area (Å²) in [7, 11) is 2.20. The second-order valence-electron chi connectivity index (χ2n) is 6.50. The lowest BCUT2D eigenvalue weighted by atomic mass is 10.0. The number of nitrogens with zero attached hydrogens (tertiary/aromatic N) is 3. The molecule has 0 radical (unpaired) electrons. The van der Waals surface area contributed by atoms with Crippen molar-refractivity contribution in [2.45, 2.75) is 50.6 Å². The molecular weight excluding hydrogens is 282 g/mol. The Bertz CT molecular complexity index is 438. The van der Waals surface area contributed by atoms with Gasteiger partial charge in [-0.15, -0.1) is 11.3 Å². The molecule has 0 atom stereocenters. The Hall–Kier alpha value is -0.490. The Balaban J connectivity index is 1.42. The monoisotopic (exact) mass is 309 g/mol. The highest BCUT2D eigenvalue weighted by molar-refractivity contribution is 7.11. The molecule has 1 aliphatic carbocycles. The predicted octanol–water partition coefficient (Wildman–Crippen LogP) is 2.30. The van der Waals surface area contributed by atoms with E-state index < -0.39 is 0 Å². The van der Waals surface area contributed by atoms with Gasteiger partial charge in [-0.05, 0) is 39.2 Å². The summed E-state index contributed by atoms with van der Waals surface area (Å²) in [5.74, 6) is 0.787. The third-order valence-electron chi connectivity index (χ3n) is 4.73. The van der Waals surface area contributed by atoms with Crippen LogP contribution < -0.4 is 0 Å². The Morgan fingerprint density at radius 2 is 2.10 bits per heavy atom. The summed E-state index contributed by atoms with van der Waals surface area (Å²) in [6, 6.07) is 0.691. The number of rotatable bonds is 7. The van der Waals surface area contributed by atoms with Crippen LogP contribution in [0.3, 0.4) is 0 Å². The summed E-state index contributed by atoms with van der Waals surface area (Å²) in [6.45, 7) is 4.77. The van der Waals surface area contributed by atoms with Gasteiger partial charge in [0.2, 0.25) is 0 Å². The van der Waals surface area contributed by atoms with E-state index >= 15 is 0 Å². The highest BCUT2D eigenvalue weighted by atomic mass is 32.1. The second-order valence-corrected chi connectivity index (χ2v) is 7.65. The topological polar surface area (TPSA) is 39.6 Å². The summed E-state index contributed by atoms with van der Waals surface area (Å²) in [4.78, 5) is 11.0. The van der Waals surface area contributed by atoms with Crippen molar-refractivity contribution in [2.75, 3.05) is 33.3 Å². The normalized spacial score (nSPS) is 21.3. The summed E-state index contributed by atoms with van der Waals surface area (Å²) in [5.41, 5.74) is 0. The van der Waals surface area contributed by atoms with Crippen LogP contribution in [0.25, 0.3) is 0 Å². The third kappa shape index (κ3) is 4.25. The van der Waals surface area contributed by atoms with Crippen molar-refractivity contribution >= 4 is 11.3 Å². The molecule has 1 aromatic heterocycles. The number of hydrogen-bond donors (Lipinski definition) is 1. The van der Waals surface area contributed by atoms with E-state index in [1.807, 2.05) is 11.3 Å². The van der Waals surface area contributed by atoms with Crippen molar-refractivity contribution in [1.82, 2.24) is 14.8 Å². The standard InChI is InChI=1S/C16H27N3OS/c1-18(7-2-10-20)14-5-8-19(9-6-14)12-15-11-17-16(21-15)13-3-4-13/h11,13-14,20H,2-10,12H2,1H3. The Morgan fingerprint density at radius 1 is 1.33 bits per heavy atom. The van der Waals surface area contributed by atoms with Crippen LogP contribution in [0.1, 0.15) is 47.9 Å². The first-order valence-electron chi connectivity index (χ1n) is 8.24. The van der Waals surface area contributed by atoms with E-state index in [0.29, 0.717) is 12.6 Å². The Kier molecular flexibility index (Phi) is 5.27. The minimum absolute atomic E-state index is 0.303. The first-order chi connectivity index (χ1) is 10.3. The average molecular weight is 309 g/mol. The highest BCUT2D eigenvalue weighted by Gasteiger charge is 2.27. The SMILES string of the molecule is CN(CCCO)C1CCN(Cc2cnc(C3CC3)s2)CC1. The van der Waals surface area contributed by atoms with Crippen LogP contribution in [0.5, 0.6) is 0 Å². The molecule has 21 heavy (non-hydrogen) atoms. The van der Waals surface area contributed by atoms with E-state index in [9.17, 15) is 0 Å². The average Bonchev–Trinajstić information content (AvgIpc) is 3.26. The summed E-state index contributed by atoms with van der Waals surface area (Å²) >= 11 is 1.92. The minimum atomic E-state index is 0.303. The Morgan fingerprint density at radius 3 is 2.76 bits per heavy atom. The molecule has 0 aromatic carbocycles. The fourth-order valence-corrected chi connectivity index (χ4v) is 4.28. The molecule has 118 valence electrons. The van der Waals surface area contributed by atoms with Gasteiger partial charge < -0.3 is 10.0 Å². The summed E-state index contributed by atoms with van der Waals surface area (Å²) in [5, 5.41) is 10.3. The van der Waals surface area contributed by atoms with Gasteiger partial charge in [-0.2, -0.15) is 0 Å². The van der Waals surface area contributed by atoms with Crippen LogP contribution in [0.2, 0.25) is 0 Å². The maximum Gasteiger partial charge on any atom is 0.0959 e. The number of aliphatic hydroxyl groups is 1. The molecule has 3 rings (SSSR count). The number of thiazole rings is 1. The van der Waals surface area contributed by atoms with E-state index in [1.165, 1.54) is 48.7 Å². The zero-order valence-corrected chi connectivity index (χ0v) is 13.8. The lowest BCUT2D eigenvalue weighted by molar-refractivity contribution is 0.118. The highest BCUT2D eigenvalue weighted by Crippen LogP contribution is 2.41. The number of aromatic nitrogens is 1. The van der Waals surface area contributed by atoms with E-state index in [2.05, 4.69) is 28.0 Å². The number of aliphatic hydroxyl groups excluding tert-OH is 1. The molecule has 0 amide bonds. The maximum absolute atomic E-state index is 8.93. The van der Waals surface area contributed by atoms with Crippen LogP contribution in [-0.4, -0.2) is 59.2 Å². The number of hydrogen-bond acceptors (Lipinski definition) is 5. The first kappa shape index (κ1) is 15.4. The quantitative estimate of drug-likeness (QED) is 0.839. The molecule has 4 nitrogen and oxygen atoms in total. The molecule has 2 fully saturated rings. The number of piperidine rings is 1. The van der Waals surface area contributed by atoms with Gasteiger partial charge in [0.05, 0.1) is 5.01 Å². The van der Waals surface area contributed by atoms with Crippen LogP contribution in [0.15, 0.2) is 6.20 Å². The van der Waals surface area contributed by atoms with E-state index in [4.69, 9.17) is 5.11 Å². The van der Waals surface area contributed by atoms with Gasteiger partial charge in [0.15, 0.2) is 0 Å². The van der Waals surface area contributed by atoms with E-state index in [0.717, 1.165) is 25.4 Å². The zero-order valence-electron chi connectivity index (χ0n) is 13.0. The summed E-state index contributed by atoms with van der Waals surface area (Å²) in [6.07, 6.45) is 8.17. The van der Waals surface area contributed by atoms with Crippen molar-refractivity contribution in [3.8, 4) is 0 Å². The van der Waals surface area contributed by atoms with Crippen molar-refractivity contribution in [3.63, 3.8) is 0 Å². The van der Waals surface area contributed by atoms with Gasteiger partial charge in [0.25, 0.3) is 0 Å². The van der Waals surface area contributed by atoms with Gasteiger partial charge >= 0.3 is 0 Å². The largest absolute Gasteiger partial charge is 0.396 e. The van der Waals surface area contributed by atoms with Gasteiger partial charge in [0, 0.05) is 55.8 Å². The third-order valence-corrected chi connectivity index (χ3v) is 5.87. The molecule has 1 N–H and O–H groups in total. The smallest absolute Gasteiger partial charge is 0.0959 e. The van der Waals surface area contributed by atoms with Crippen LogP contribution in [0.4, 0.5) is 0 Å². The van der Waals surface area contributed by atoms with Gasteiger partial charge in [-0.3, -0.25) is 4.90 Å². The molecule has 0 spiro atoms. The molecule has 0 unspecified atom stereocenters. The predicted molar refractivity (Wildman–Crippen MR) is 86.7 cm³/mol. The van der Waals surface area contributed by atoms with Crippen molar-refractivity contribution in [3.05, 3.63) is 16.1 Å². The van der Waals surface area contributed by atoms with Gasteiger partial charge in [-0.25, -0.2) is 4.98 Å². The van der Waals surface area contributed by atoms with Crippen LogP contribution in [0, 0.1) is 0 Å². The molecule has 2 aliphatic rings. The molecule has 1 saturated heterocycles. The van der Waals surface area contributed by atoms with Crippen LogP contribution in [-0.2, 0) is 6.54 Å². The molecule has 0 bridgehead atoms. The maximum atomic E-state index is 8.93. The zero-order chi connectivity index (χ0) is 14.7.